The summed E-state index contributed by atoms with van der Waals surface area (Å²) in [5.74, 6) is 1.12. The number of halogens is 2. The summed E-state index contributed by atoms with van der Waals surface area (Å²) in [5, 5.41) is 1.00. The van der Waals surface area contributed by atoms with E-state index in [0.29, 0.717) is 27.9 Å². The Balaban J connectivity index is 1.89. The monoisotopic (exact) mass is 300 g/mol. The number of hydrogen-bond donors (Lipinski definition) is 1. The molecule has 6 heteroatoms. The number of nitrogens with zero attached hydrogens (tertiary/aromatic N) is 3. The van der Waals surface area contributed by atoms with Crippen molar-refractivity contribution in [3.8, 4) is 0 Å². The average molecular weight is 301 g/mol. The average Bonchev–Trinajstić information content (AvgIpc) is 2.59. The van der Waals surface area contributed by atoms with Crippen LogP contribution in [0.4, 0.5) is 11.6 Å². The Morgan fingerprint density at radius 1 is 1.21 bits per heavy atom. The van der Waals surface area contributed by atoms with Gasteiger partial charge in [0.15, 0.2) is 0 Å². The van der Waals surface area contributed by atoms with Crippen molar-refractivity contribution >= 4 is 34.8 Å². The normalized spacial score (nSPS) is 27.6. The van der Waals surface area contributed by atoms with Crippen molar-refractivity contribution in [1.82, 2.24) is 9.88 Å². The van der Waals surface area contributed by atoms with Crippen LogP contribution in [0.15, 0.2) is 6.07 Å². The van der Waals surface area contributed by atoms with Crippen LogP contribution in [-0.4, -0.2) is 42.1 Å². The maximum Gasteiger partial charge on any atom is 0.149 e. The lowest BCUT2D eigenvalue weighted by Crippen LogP contribution is -2.37. The lowest BCUT2D eigenvalue weighted by molar-refractivity contribution is 0.254. The number of anilines is 2. The van der Waals surface area contributed by atoms with E-state index < -0.39 is 0 Å². The predicted octanol–water partition coefficient (Wildman–Crippen LogP) is 2.64. The smallest absolute Gasteiger partial charge is 0.149 e. The van der Waals surface area contributed by atoms with Crippen LogP contribution in [0.5, 0.6) is 0 Å². The second-order valence-corrected chi connectivity index (χ2v) is 6.26. The molecule has 3 rings (SSSR count). The summed E-state index contributed by atoms with van der Waals surface area (Å²) in [7, 11) is 2.22. The lowest BCUT2D eigenvalue weighted by atomic mass is 10.1. The molecular weight excluding hydrogens is 283 g/mol. The third-order valence-corrected chi connectivity index (χ3v) is 4.97. The number of hydrogen-bond acceptors (Lipinski definition) is 4. The van der Waals surface area contributed by atoms with Gasteiger partial charge in [0.2, 0.25) is 0 Å². The molecule has 2 saturated heterocycles. The minimum absolute atomic E-state index is 0.351. The first-order chi connectivity index (χ1) is 9.06. The first-order valence-corrected chi connectivity index (χ1v) is 7.40. The van der Waals surface area contributed by atoms with E-state index >= 15 is 0 Å². The Labute approximate surface area is 123 Å². The molecule has 1 aromatic rings. The van der Waals surface area contributed by atoms with Gasteiger partial charge in [-0.1, -0.05) is 23.2 Å². The molecule has 2 aliphatic heterocycles. The van der Waals surface area contributed by atoms with Gasteiger partial charge < -0.3 is 10.6 Å². The van der Waals surface area contributed by atoms with Crippen LogP contribution in [0, 0.1) is 0 Å². The van der Waals surface area contributed by atoms with Crippen molar-refractivity contribution < 1.29 is 0 Å². The summed E-state index contributed by atoms with van der Waals surface area (Å²) in [6.45, 7) is 1.93. The van der Waals surface area contributed by atoms with Gasteiger partial charge in [0, 0.05) is 25.2 Å². The fraction of sp³-hybridized carbons (Fsp3) is 0.615. The molecule has 0 spiro atoms. The highest BCUT2D eigenvalue weighted by molar-refractivity contribution is 6.37. The molecule has 0 saturated carbocycles. The van der Waals surface area contributed by atoms with E-state index in [0.717, 1.165) is 25.3 Å². The van der Waals surface area contributed by atoms with Crippen molar-refractivity contribution in [3.63, 3.8) is 0 Å². The highest BCUT2D eigenvalue weighted by Crippen LogP contribution is 2.34. The van der Waals surface area contributed by atoms with E-state index in [-0.39, 0.29) is 0 Å². The summed E-state index contributed by atoms with van der Waals surface area (Å²) in [6, 6.07) is 2.97. The van der Waals surface area contributed by atoms with E-state index in [2.05, 4.69) is 21.8 Å². The Kier molecular flexibility index (Phi) is 3.50. The lowest BCUT2D eigenvalue weighted by Gasteiger charge is -2.27. The fourth-order valence-electron chi connectivity index (χ4n) is 3.19. The Morgan fingerprint density at radius 2 is 1.95 bits per heavy atom. The Morgan fingerprint density at radius 3 is 2.74 bits per heavy atom. The van der Waals surface area contributed by atoms with Crippen molar-refractivity contribution in [1.29, 1.82) is 0 Å². The number of nitrogens with two attached hydrogens (primary N) is 1. The van der Waals surface area contributed by atoms with Gasteiger partial charge in [-0.2, -0.15) is 0 Å². The standard InChI is InChI=1S/C13H18Cl2N4/c1-18-8-2-3-9(18)7-19(5-4-8)13-11(15)6-10(14)12(16)17-13/h6,8-9H,2-5,7H2,1H3,(H2,16,17). The minimum atomic E-state index is 0.351. The minimum Gasteiger partial charge on any atom is -0.382 e. The van der Waals surface area contributed by atoms with Crippen molar-refractivity contribution in [2.24, 2.45) is 0 Å². The third kappa shape index (κ3) is 2.37. The fourth-order valence-corrected chi connectivity index (χ4v) is 3.67. The van der Waals surface area contributed by atoms with Gasteiger partial charge in [-0.05, 0) is 32.4 Å². The number of pyridine rings is 1. The van der Waals surface area contributed by atoms with Crippen LogP contribution in [0.2, 0.25) is 10.0 Å². The van der Waals surface area contributed by atoms with Crippen LogP contribution in [0.3, 0.4) is 0 Å². The summed E-state index contributed by atoms with van der Waals surface area (Å²) in [5.41, 5.74) is 5.80. The summed E-state index contributed by atoms with van der Waals surface area (Å²) < 4.78 is 0. The van der Waals surface area contributed by atoms with E-state index in [1.54, 1.807) is 6.07 Å². The zero-order valence-electron chi connectivity index (χ0n) is 10.9. The zero-order chi connectivity index (χ0) is 13.6. The number of fused-ring (bicyclic) bond motifs is 2. The summed E-state index contributed by atoms with van der Waals surface area (Å²) in [6.07, 6.45) is 3.70. The van der Waals surface area contributed by atoms with Crippen molar-refractivity contribution in [2.75, 3.05) is 30.8 Å². The molecule has 104 valence electrons. The first-order valence-electron chi connectivity index (χ1n) is 6.64. The number of likely N-dealkylation sites (N-methyl/N-ethyl adjacent to an activating group) is 1. The number of aromatic nitrogens is 1. The van der Waals surface area contributed by atoms with E-state index in [1.165, 1.54) is 12.8 Å². The molecule has 2 aliphatic rings. The summed E-state index contributed by atoms with van der Waals surface area (Å²) in [4.78, 5) is 9.11. The molecule has 2 atom stereocenters. The SMILES string of the molecule is CN1C2CCC1CN(c1nc(N)c(Cl)cc1Cl)CC2. The van der Waals surface area contributed by atoms with Crippen molar-refractivity contribution in [2.45, 2.75) is 31.3 Å². The van der Waals surface area contributed by atoms with Crippen LogP contribution in [-0.2, 0) is 0 Å². The molecule has 0 radical (unpaired) electrons. The van der Waals surface area contributed by atoms with Gasteiger partial charge in [0.1, 0.15) is 11.6 Å². The molecule has 2 unspecified atom stereocenters. The quantitative estimate of drug-likeness (QED) is 0.866. The van der Waals surface area contributed by atoms with E-state index in [1.807, 2.05) is 0 Å². The van der Waals surface area contributed by atoms with Crippen LogP contribution in [0.1, 0.15) is 19.3 Å². The summed E-state index contributed by atoms with van der Waals surface area (Å²) >= 11 is 12.2. The topological polar surface area (TPSA) is 45.4 Å². The Bertz CT molecular complexity index is 494. The highest BCUT2D eigenvalue weighted by Gasteiger charge is 2.35. The van der Waals surface area contributed by atoms with E-state index in [4.69, 9.17) is 28.9 Å². The molecule has 2 N–H and O–H groups in total. The maximum atomic E-state index is 6.27. The largest absolute Gasteiger partial charge is 0.382 e. The first kappa shape index (κ1) is 13.3. The molecule has 1 aromatic heterocycles. The number of rotatable bonds is 1. The molecule has 0 aromatic carbocycles. The predicted molar refractivity (Wildman–Crippen MR) is 80.1 cm³/mol. The van der Waals surface area contributed by atoms with Gasteiger partial charge in [-0.25, -0.2) is 4.98 Å². The molecule has 2 bridgehead atoms. The second-order valence-electron chi connectivity index (χ2n) is 5.45. The molecule has 3 heterocycles. The molecule has 19 heavy (non-hydrogen) atoms. The Hall–Kier alpha value is -0.710. The molecule has 0 amide bonds. The molecule has 2 fully saturated rings. The molecule has 4 nitrogen and oxygen atoms in total. The van der Waals surface area contributed by atoms with Crippen molar-refractivity contribution in [3.05, 3.63) is 16.1 Å². The van der Waals surface area contributed by atoms with Gasteiger partial charge >= 0.3 is 0 Å². The van der Waals surface area contributed by atoms with Gasteiger partial charge in [-0.15, -0.1) is 0 Å². The van der Waals surface area contributed by atoms with Crippen LogP contribution in [0.25, 0.3) is 0 Å². The molecular formula is C13H18Cl2N4. The van der Waals surface area contributed by atoms with Gasteiger partial charge in [0.05, 0.1) is 10.0 Å². The van der Waals surface area contributed by atoms with Crippen LogP contribution >= 0.6 is 23.2 Å². The maximum absolute atomic E-state index is 6.27. The third-order valence-electron chi connectivity index (χ3n) is 4.39. The van der Waals surface area contributed by atoms with E-state index in [9.17, 15) is 0 Å². The number of nitrogen functional groups attached to an aromatic ring is 1. The van der Waals surface area contributed by atoms with Gasteiger partial charge in [0.25, 0.3) is 0 Å². The zero-order valence-corrected chi connectivity index (χ0v) is 12.5. The molecule has 0 aliphatic carbocycles. The van der Waals surface area contributed by atoms with Gasteiger partial charge in [-0.3, -0.25) is 4.90 Å². The second kappa shape index (κ2) is 5.00. The van der Waals surface area contributed by atoms with Crippen LogP contribution < -0.4 is 10.6 Å². The highest BCUT2D eigenvalue weighted by atomic mass is 35.5.